The first-order valence-corrected chi connectivity index (χ1v) is 12.3. The maximum absolute atomic E-state index is 13.0. The van der Waals surface area contributed by atoms with E-state index in [1.54, 1.807) is 12.3 Å². The lowest BCUT2D eigenvalue weighted by Crippen LogP contribution is -2.50. The van der Waals surface area contributed by atoms with E-state index >= 15 is 0 Å². The molecule has 1 aromatic carbocycles. The smallest absolute Gasteiger partial charge is 0.270 e. The molecule has 8 nitrogen and oxygen atoms in total. The first-order valence-electron chi connectivity index (χ1n) is 12.3. The second-order valence-corrected chi connectivity index (χ2v) is 9.28. The predicted molar refractivity (Wildman–Crippen MR) is 137 cm³/mol. The molecular formula is C26H32F2N6O2. The summed E-state index contributed by atoms with van der Waals surface area (Å²) in [4.78, 5) is 36.7. The Morgan fingerprint density at radius 1 is 1.19 bits per heavy atom. The second-order valence-electron chi connectivity index (χ2n) is 9.28. The molecule has 1 aliphatic carbocycles. The summed E-state index contributed by atoms with van der Waals surface area (Å²) >= 11 is 0. The molecule has 192 valence electrons. The number of rotatable bonds is 9. The van der Waals surface area contributed by atoms with Gasteiger partial charge in [0.15, 0.2) is 6.29 Å². The zero-order valence-corrected chi connectivity index (χ0v) is 20.6. The molecule has 2 N–H and O–H groups in total. The van der Waals surface area contributed by atoms with E-state index in [1.807, 2.05) is 32.2 Å². The van der Waals surface area contributed by atoms with Crippen molar-refractivity contribution in [3.63, 3.8) is 0 Å². The summed E-state index contributed by atoms with van der Waals surface area (Å²) < 4.78 is 25.9. The quantitative estimate of drug-likeness (QED) is 0.405. The maximum atomic E-state index is 13.0. The molecule has 0 atom stereocenters. The fraction of sp³-hybridized carbons (Fsp3) is 0.462. The van der Waals surface area contributed by atoms with Crippen molar-refractivity contribution in [3.05, 3.63) is 47.8 Å². The molecule has 2 aliphatic rings. The minimum Gasteiger partial charge on any atom is -0.386 e. The largest absolute Gasteiger partial charge is 0.386 e. The number of hydrogen-bond acceptors (Lipinski definition) is 7. The fourth-order valence-corrected chi connectivity index (χ4v) is 4.48. The highest BCUT2D eigenvalue weighted by Crippen LogP contribution is 2.37. The molecule has 2 aromatic rings. The van der Waals surface area contributed by atoms with E-state index in [0.717, 1.165) is 61.6 Å². The van der Waals surface area contributed by atoms with Crippen LogP contribution in [0.3, 0.4) is 0 Å². The third kappa shape index (κ3) is 6.23. The summed E-state index contributed by atoms with van der Waals surface area (Å²) in [5.41, 5.74) is 4.49. The van der Waals surface area contributed by atoms with E-state index in [2.05, 4.69) is 36.5 Å². The van der Waals surface area contributed by atoms with Crippen molar-refractivity contribution in [2.24, 2.45) is 4.99 Å². The highest BCUT2D eigenvalue weighted by atomic mass is 19.3. The van der Waals surface area contributed by atoms with Crippen LogP contribution in [-0.4, -0.2) is 73.0 Å². The molecule has 0 spiro atoms. The lowest BCUT2D eigenvalue weighted by molar-refractivity contribution is -0.102. The van der Waals surface area contributed by atoms with E-state index in [-0.39, 0.29) is 18.5 Å². The summed E-state index contributed by atoms with van der Waals surface area (Å²) in [5.74, 6) is -3.08. The van der Waals surface area contributed by atoms with Crippen molar-refractivity contribution in [3.8, 4) is 0 Å². The van der Waals surface area contributed by atoms with Gasteiger partial charge in [-0.2, -0.15) is 0 Å². The molecule has 2 heterocycles. The van der Waals surface area contributed by atoms with Gasteiger partial charge in [-0.15, -0.1) is 0 Å². The zero-order valence-electron chi connectivity index (χ0n) is 20.6. The van der Waals surface area contributed by atoms with Crippen LogP contribution in [0.1, 0.15) is 42.2 Å². The van der Waals surface area contributed by atoms with Gasteiger partial charge in [-0.3, -0.25) is 14.5 Å². The average molecular weight is 499 g/mol. The molecule has 1 aliphatic heterocycles. The molecule has 36 heavy (non-hydrogen) atoms. The SMILES string of the molecule is CCC(C=O)=Nc1ccc(CN2CCN(c3ccc(C(=O)NC4CC(F)(F)C4)nc3)CC2)cc1NC. The Balaban J connectivity index is 1.29. The number of piperazine rings is 1. The minimum absolute atomic E-state index is 0.236. The summed E-state index contributed by atoms with van der Waals surface area (Å²) in [5, 5.41) is 5.78. The predicted octanol–water partition coefficient (Wildman–Crippen LogP) is 3.65. The lowest BCUT2D eigenvalue weighted by Gasteiger charge is -2.36. The highest BCUT2D eigenvalue weighted by Gasteiger charge is 2.46. The number of aromatic nitrogens is 1. The molecule has 2 fully saturated rings. The van der Waals surface area contributed by atoms with E-state index in [4.69, 9.17) is 0 Å². The zero-order chi connectivity index (χ0) is 25.7. The number of pyridine rings is 1. The number of amides is 1. The molecule has 1 saturated heterocycles. The minimum atomic E-state index is -2.67. The van der Waals surface area contributed by atoms with Crippen molar-refractivity contribution in [1.29, 1.82) is 0 Å². The summed E-state index contributed by atoms with van der Waals surface area (Å²) in [6, 6.07) is 9.07. The molecular weight excluding hydrogens is 466 g/mol. The number of carbonyl (C=O) groups is 2. The van der Waals surface area contributed by atoms with Crippen LogP contribution in [0.5, 0.6) is 0 Å². The summed E-state index contributed by atoms with van der Waals surface area (Å²) in [6.45, 7) is 6.10. The Hall–Kier alpha value is -3.40. The Morgan fingerprint density at radius 2 is 1.94 bits per heavy atom. The monoisotopic (exact) mass is 498 g/mol. The van der Waals surface area contributed by atoms with Crippen LogP contribution in [0, 0.1) is 0 Å². The highest BCUT2D eigenvalue weighted by molar-refractivity contribution is 6.28. The summed E-state index contributed by atoms with van der Waals surface area (Å²) in [7, 11) is 1.85. The number of nitrogens with zero attached hydrogens (tertiary/aromatic N) is 4. The van der Waals surface area contributed by atoms with Crippen LogP contribution in [0.2, 0.25) is 0 Å². The van der Waals surface area contributed by atoms with Gasteiger partial charge in [-0.05, 0) is 36.2 Å². The van der Waals surface area contributed by atoms with Gasteiger partial charge in [-0.1, -0.05) is 13.0 Å². The van der Waals surface area contributed by atoms with Crippen LogP contribution in [-0.2, 0) is 11.3 Å². The Bertz CT molecular complexity index is 1110. The van der Waals surface area contributed by atoms with Crippen molar-refractivity contribution in [2.45, 2.75) is 44.7 Å². The van der Waals surface area contributed by atoms with Gasteiger partial charge in [0.2, 0.25) is 0 Å². The van der Waals surface area contributed by atoms with E-state index in [0.29, 0.717) is 12.1 Å². The number of aldehydes is 1. The number of halogens is 2. The van der Waals surface area contributed by atoms with Gasteiger partial charge in [0, 0.05) is 58.7 Å². The Labute approximate surface area is 209 Å². The number of anilines is 2. The second kappa shape index (κ2) is 11.1. The van der Waals surface area contributed by atoms with Gasteiger partial charge in [0.1, 0.15) is 5.69 Å². The van der Waals surface area contributed by atoms with Crippen LogP contribution in [0.25, 0.3) is 0 Å². The number of carbonyl (C=O) groups excluding carboxylic acids is 2. The van der Waals surface area contributed by atoms with Crippen molar-refractivity contribution in [2.75, 3.05) is 43.4 Å². The van der Waals surface area contributed by atoms with Crippen LogP contribution in [0.15, 0.2) is 41.5 Å². The van der Waals surface area contributed by atoms with E-state index in [9.17, 15) is 18.4 Å². The molecule has 1 aromatic heterocycles. The van der Waals surface area contributed by atoms with Crippen molar-refractivity contribution < 1.29 is 18.4 Å². The number of hydrogen-bond donors (Lipinski definition) is 2. The first-order chi connectivity index (χ1) is 17.3. The third-order valence-electron chi connectivity index (χ3n) is 6.64. The number of benzene rings is 1. The van der Waals surface area contributed by atoms with Crippen LogP contribution >= 0.6 is 0 Å². The van der Waals surface area contributed by atoms with Gasteiger partial charge >= 0.3 is 0 Å². The van der Waals surface area contributed by atoms with Crippen molar-refractivity contribution in [1.82, 2.24) is 15.2 Å². The Morgan fingerprint density at radius 3 is 2.53 bits per heavy atom. The Kier molecular flexibility index (Phi) is 7.93. The third-order valence-corrected chi connectivity index (χ3v) is 6.64. The standard InChI is InChI=1S/C26H32F2N6O2/c1-3-19(17-35)31-22-6-4-18(12-24(22)29-2)16-33-8-10-34(11-9-33)21-5-7-23(30-15-21)25(36)32-20-13-26(27,28)14-20/h4-7,12,15,17,20,29H,3,8-11,13-14,16H2,1-2H3,(H,32,36). The number of aliphatic imine (C=N–C) groups is 1. The van der Waals surface area contributed by atoms with Crippen LogP contribution < -0.4 is 15.5 Å². The number of alkyl halides is 2. The van der Waals surface area contributed by atoms with Crippen LogP contribution in [0.4, 0.5) is 25.8 Å². The summed E-state index contributed by atoms with van der Waals surface area (Å²) in [6.07, 6.45) is 2.43. The number of nitrogens with one attached hydrogen (secondary N) is 2. The van der Waals surface area contributed by atoms with Crippen molar-refractivity contribution >= 4 is 35.0 Å². The molecule has 0 radical (unpaired) electrons. The molecule has 0 bridgehead atoms. The molecule has 1 amide bonds. The lowest BCUT2D eigenvalue weighted by atomic mass is 9.88. The van der Waals surface area contributed by atoms with Gasteiger partial charge < -0.3 is 15.5 Å². The molecule has 1 saturated carbocycles. The first kappa shape index (κ1) is 25.7. The van der Waals surface area contributed by atoms with E-state index < -0.39 is 17.9 Å². The molecule has 4 rings (SSSR count). The van der Waals surface area contributed by atoms with Gasteiger partial charge in [-0.25, -0.2) is 18.8 Å². The fourth-order valence-electron chi connectivity index (χ4n) is 4.48. The topological polar surface area (TPSA) is 89.9 Å². The van der Waals surface area contributed by atoms with E-state index in [1.165, 1.54) is 0 Å². The van der Waals surface area contributed by atoms with Gasteiger partial charge in [0.25, 0.3) is 11.8 Å². The molecule has 10 heteroatoms. The maximum Gasteiger partial charge on any atom is 0.270 e. The van der Waals surface area contributed by atoms with Gasteiger partial charge in [0.05, 0.1) is 29.0 Å². The normalized spacial score (nSPS) is 18.4. The molecule has 0 unspecified atom stereocenters. The average Bonchev–Trinajstić information content (AvgIpc) is 2.87.